The summed E-state index contributed by atoms with van der Waals surface area (Å²) in [5.41, 5.74) is 5.71. The first-order chi connectivity index (χ1) is 14.0. The number of nitro groups is 1. The monoisotopic (exact) mass is 383 g/mol. The number of hydrogen-bond acceptors (Lipinski definition) is 4. The Balaban J connectivity index is 1.78. The topological polar surface area (TPSA) is 101 Å². The highest BCUT2D eigenvalue weighted by molar-refractivity contribution is 5.90. The molecule has 0 bridgehead atoms. The van der Waals surface area contributed by atoms with Gasteiger partial charge in [-0.05, 0) is 61.4 Å². The van der Waals surface area contributed by atoms with Gasteiger partial charge in [0.2, 0.25) is 0 Å². The largest absolute Gasteiger partial charge is 0.337 e. The highest BCUT2D eigenvalue weighted by atomic mass is 16.6. The van der Waals surface area contributed by atoms with Crippen LogP contribution in [-0.2, 0) is 0 Å². The summed E-state index contributed by atoms with van der Waals surface area (Å²) in [6.07, 6.45) is 3.52. The lowest BCUT2D eigenvalue weighted by molar-refractivity contribution is -0.384. The maximum Gasteiger partial charge on any atom is 0.271 e. The molecule has 4 rings (SSSR count). The van der Waals surface area contributed by atoms with Crippen LogP contribution in [0.5, 0.6) is 0 Å². The van der Waals surface area contributed by atoms with Crippen molar-refractivity contribution in [2.45, 2.75) is 13.8 Å². The van der Waals surface area contributed by atoms with Gasteiger partial charge in [0.05, 0.1) is 27.2 Å². The van der Waals surface area contributed by atoms with Crippen molar-refractivity contribution in [3.63, 3.8) is 0 Å². The number of aryl methyl sites for hydroxylation is 2. The number of benzene rings is 2. The summed E-state index contributed by atoms with van der Waals surface area (Å²) in [4.78, 5) is 18.4. The van der Waals surface area contributed by atoms with Crippen molar-refractivity contribution in [3.05, 3.63) is 87.5 Å². The Morgan fingerprint density at radius 2 is 2.00 bits per heavy atom. The standard InChI is InChI=1S/C22H17N5O2/c1-14-9-20-21(10-15(14)2)25-22(24-20)16(13-23)11-17-7-4-8-26(17)18-5-3-6-19(12-18)27(28)29/h3-12H,1-2H3,(H,24,25). The molecule has 0 atom stereocenters. The molecule has 29 heavy (non-hydrogen) atoms. The van der Waals surface area contributed by atoms with E-state index in [1.807, 2.05) is 38.1 Å². The molecule has 0 aliphatic carbocycles. The van der Waals surface area contributed by atoms with Gasteiger partial charge in [-0.1, -0.05) is 6.07 Å². The molecule has 4 aromatic rings. The van der Waals surface area contributed by atoms with E-state index in [1.54, 1.807) is 29.0 Å². The average Bonchev–Trinajstić information content (AvgIpc) is 3.33. The van der Waals surface area contributed by atoms with Gasteiger partial charge in [-0.15, -0.1) is 0 Å². The predicted octanol–water partition coefficient (Wildman–Crippen LogP) is 4.94. The lowest BCUT2D eigenvalue weighted by Crippen LogP contribution is -1.97. The van der Waals surface area contributed by atoms with Gasteiger partial charge < -0.3 is 9.55 Å². The third-order valence-corrected chi connectivity index (χ3v) is 4.86. The average molecular weight is 383 g/mol. The highest BCUT2D eigenvalue weighted by Gasteiger charge is 2.12. The van der Waals surface area contributed by atoms with E-state index in [9.17, 15) is 15.4 Å². The fourth-order valence-electron chi connectivity index (χ4n) is 3.20. The number of H-pyrrole nitrogens is 1. The van der Waals surface area contributed by atoms with E-state index >= 15 is 0 Å². The van der Waals surface area contributed by atoms with Crippen LogP contribution in [0.15, 0.2) is 54.7 Å². The molecule has 0 fully saturated rings. The van der Waals surface area contributed by atoms with Gasteiger partial charge in [-0.25, -0.2) is 4.98 Å². The number of allylic oxidation sites excluding steroid dienone is 1. The molecule has 1 N–H and O–H groups in total. The van der Waals surface area contributed by atoms with Gasteiger partial charge in [0.1, 0.15) is 11.9 Å². The van der Waals surface area contributed by atoms with Crippen LogP contribution in [-0.4, -0.2) is 19.5 Å². The predicted molar refractivity (Wildman–Crippen MR) is 111 cm³/mol. The first kappa shape index (κ1) is 18.2. The van der Waals surface area contributed by atoms with Crippen LogP contribution in [0, 0.1) is 35.3 Å². The van der Waals surface area contributed by atoms with Gasteiger partial charge in [0.15, 0.2) is 0 Å². The number of nitriles is 1. The maximum atomic E-state index is 11.1. The van der Waals surface area contributed by atoms with Crippen LogP contribution in [0.1, 0.15) is 22.6 Å². The van der Waals surface area contributed by atoms with Crippen molar-refractivity contribution in [2.24, 2.45) is 0 Å². The summed E-state index contributed by atoms with van der Waals surface area (Å²) in [6, 6.07) is 16.2. The molecule has 0 aliphatic heterocycles. The lowest BCUT2D eigenvalue weighted by atomic mass is 10.1. The van der Waals surface area contributed by atoms with Crippen LogP contribution >= 0.6 is 0 Å². The van der Waals surface area contributed by atoms with E-state index in [2.05, 4.69) is 16.0 Å². The van der Waals surface area contributed by atoms with Crippen molar-refractivity contribution in [3.8, 4) is 11.8 Å². The van der Waals surface area contributed by atoms with Crippen molar-refractivity contribution in [2.75, 3.05) is 0 Å². The van der Waals surface area contributed by atoms with Gasteiger partial charge >= 0.3 is 0 Å². The van der Waals surface area contributed by atoms with Crippen LogP contribution in [0.4, 0.5) is 5.69 Å². The summed E-state index contributed by atoms with van der Waals surface area (Å²) in [5, 5.41) is 20.8. The van der Waals surface area contributed by atoms with Crippen LogP contribution in [0.2, 0.25) is 0 Å². The van der Waals surface area contributed by atoms with Crippen LogP contribution in [0.3, 0.4) is 0 Å². The summed E-state index contributed by atoms with van der Waals surface area (Å²) in [5.74, 6) is 0.485. The van der Waals surface area contributed by atoms with Crippen LogP contribution in [0.25, 0.3) is 28.4 Å². The molecule has 2 aromatic carbocycles. The quantitative estimate of drug-likeness (QED) is 0.306. The van der Waals surface area contributed by atoms with Crippen molar-refractivity contribution in [1.82, 2.24) is 14.5 Å². The normalized spacial score (nSPS) is 11.6. The number of hydrogen-bond donors (Lipinski definition) is 1. The fourth-order valence-corrected chi connectivity index (χ4v) is 3.20. The number of nitrogens with zero attached hydrogens (tertiary/aromatic N) is 4. The molecule has 0 amide bonds. The zero-order chi connectivity index (χ0) is 20.5. The van der Waals surface area contributed by atoms with Crippen LogP contribution < -0.4 is 0 Å². The van der Waals surface area contributed by atoms with Crippen molar-refractivity contribution < 1.29 is 4.92 Å². The zero-order valence-electron chi connectivity index (χ0n) is 15.9. The van der Waals surface area contributed by atoms with Gasteiger partial charge in [0.25, 0.3) is 5.69 Å². The molecular weight excluding hydrogens is 366 g/mol. The molecule has 0 saturated heterocycles. The minimum atomic E-state index is -0.429. The Bertz CT molecular complexity index is 1280. The summed E-state index contributed by atoms with van der Waals surface area (Å²) in [6.45, 7) is 4.05. The fraction of sp³-hybridized carbons (Fsp3) is 0.0909. The number of fused-ring (bicyclic) bond motifs is 1. The zero-order valence-corrected chi connectivity index (χ0v) is 15.9. The summed E-state index contributed by atoms with van der Waals surface area (Å²) < 4.78 is 1.79. The molecular formula is C22H17N5O2. The van der Waals surface area contributed by atoms with Gasteiger partial charge in [0, 0.05) is 24.0 Å². The minimum absolute atomic E-state index is 0.00894. The highest BCUT2D eigenvalue weighted by Crippen LogP contribution is 2.24. The second-order valence-corrected chi connectivity index (χ2v) is 6.79. The molecule has 0 unspecified atom stereocenters. The second-order valence-electron chi connectivity index (χ2n) is 6.79. The molecule has 2 aromatic heterocycles. The number of aromatic nitrogens is 3. The van der Waals surface area contributed by atoms with E-state index in [-0.39, 0.29) is 5.69 Å². The molecule has 142 valence electrons. The number of rotatable bonds is 4. The Morgan fingerprint density at radius 3 is 2.76 bits per heavy atom. The van der Waals surface area contributed by atoms with Crippen molar-refractivity contribution >= 4 is 28.4 Å². The molecule has 2 heterocycles. The number of aromatic amines is 1. The Labute approximate surface area is 166 Å². The Kier molecular flexibility index (Phi) is 4.45. The van der Waals surface area contributed by atoms with E-state index in [0.717, 1.165) is 27.9 Å². The molecule has 0 aliphatic rings. The van der Waals surface area contributed by atoms with Gasteiger partial charge in [-0.2, -0.15) is 5.26 Å². The minimum Gasteiger partial charge on any atom is -0.337 e. The number of imidazole rings is 1. The molecule has 0 spiro atoms. The summed E-state index contributed by atoms with van der Waals surface area (Å²) in [7, 11) is 0. The number of non-ortho nitro benzene ring substituents is 1. The molecule has 0 saturated carbocycles. The molecule has 7 nitrogen and oxygen atoms in total. The number of nitro benzene ring substituents is 1. The third kappa shape index (κ3) is 3.39. The van der Waals surface area contributed by atoms with Gasteiger partial charge in [-0.3, -0.25) is 10.1 Å². The smallest absolute Gasteiger partial charge is 0.271 e. The summed E-state index contributed by atoms with van der Waals surface area (Å²) >= 11 is 0. The SMILES string of the molecule is Cc1cc2nc(C(C#N)=Cc3cccn3-c3cccc([N+](=O)[O-])c3)[nH]c2cc1C. The Hall–Kier alpha value is -4.18. The lowest BCUT2D eigenvalue weighted by Gasteiger charge is -2.06. The third-order valence-electron chi connectivity index (χ3n) is 4.86. The molecule has 7 heteroatoms. The second kappa shape index (κ2) is 7.09. The van der Waals surface area contributed by atoms with E-state index in [1.165, 1.54) is 12.1 Å². The van der Waals surface area contributed by atoms with E-state index < -0.39 is 4.92 Å². The maximum absolute atomic E-state index is 11.1. The van der Waals surface area contributed by atoms with E-state index in [0.29, 0.717) is 17.1 Å². The molecule has 0 radical (unpaired) electrons. The van der Waals surface area contributed by atoms with Crippen molar-refractivity contribution in [1.29, 1.82) is 5.26 Å². The van der Waals surface area contributed by atoms with E-state index in [4.69, 9.17) is 0 Å². The first-order valence-corrected chi connectivity index (χ1v) is 8.97. The number of nitrogens with one attached hydrogen (secondary N) is 1. The Morgan fingerprint density at radius 1 is 1.21 bits per heavy atom. The first-order valence-electron chi connectivity index (χ1n) is 8.97.